The second-order valence-corrected chi connectivity index (χ2v) is 7.32. The molecule has 6 nitrogen and oxygen atoms in total. The molecular weight excluding hydrogens is 338 g/mol. The van der Waals surface area contributed by atoms with Gasteiger partial charge in [0.1, 0.15) is 11.4 Å². The van der Waals surface area contributed by atoms with Gasteiger partial charge in [0, 0.05) is 38.6 Å². The van der Waals surface area contributed by atoms with Crippen LogP contribution in [-0.4, -0.2) is 40.3 Å². The van der Waals surface area contributed by atoms with Gasteiger partial charge in [-0.15, -0.1) is 0 Å². The molecule has 1 atom stereocenters. The fraction of sp³-hybridized carbons (Fsp3) is 0.333. The van der Waals surface area contributed by atoms with Gasteiger partial charge in [0.2, 0.25) is 0 Å². The van der Waals surface area contributed by atoms with Gasteiger partial charge in [-0.05, 0) is 49.6 Å². The summed E-state index contributed by atoms with van der Waals surface area (Å²) in [5, 5.41) is 10.2. The zero-order valence-electron chi connectivity index (χ0n) is 15.8. The number of carbonyl (C=O) groups excluding carboxylic acids is 1. The summed E-state index contributed by atoms with van der Waals surface area (Å²) < 4.78 is 1.98. The molecule has 1 aliphatic heterocycles. The van der Waals surface area contributed by atoms with Gasteiger partial charge in [0.05, 0.1) is 5.69 Å². The smallest absolute Gasteiger partial charge is 0.269 e. The van der Waals surface area contributed by atoms with E-state index in [0.29, 0.717) is 18.2 Å². The molecule has 27 heavy (non-hydrogen) atoms. The highest BCUT2D eigenvalue weighted by molar-refractivity contribution is 5.93. The fourth-order valence-corrected chi connectivity index (χ4v) is 3.62. The third-order valence-corrected chi connectivity index (χ3v) is 5.26. The molecule has 1 amide bonds. The number of anilines is 1. The highest BCUT2D eigenvalue weighted by atomic mass is 16.1. The first-order valence-electron chi connectivity index (χ1n) is 9.37. The number of aromatic amines is 1. The molecule has 1 aliphatic rings. The summed E-state index contributed by atoms with van der Waals surface area (Å²) in [5.41, 5.74) is 4.79. The highest BCUT2D eigenvalue weighted by Gasteiger charge is 2.23. The molecule has 1 fully saturated rings. The van der Waals surface area contributed by atoms with Gasteiger partial charge in [-0.3, -0.25) is 9.89 Å². The van der Waals surface area contributed by atoms with E-state index in [1.807, 2.05) is 29.9 Å². The average molecular weight is 363 g/mol. The van der Waals surface area contributed by atoms with Gasteiger partial charge >= 0.3 is 0 Å². The summed E-state index contributed by atoms with van der Waals surface area (Å²) in [5.74, 6) is 0.363. The molecule has 0 unspecified atom stereocenters. The van der Waals surface area contributed by atoms with E-state index in [0.717, 1.165) is 30.9 Å². The summed E-state index contributed by atoms with van der Waals surface area (Å²) >= 11 is 0. The van der Waals surface area contributed by atoms with Crippen LogP contribution in [0.3, 0.4) is 0 Å². The Bertz CT molecular complexity index is 924. The largest absolute Gasteiger partial charge is 0.371 e. The number of rotatable bonds is 5. The summed E-state index contributed by atoms with van der Waals surface area (Å²) in [6, 6.07) is 14.4. The van der Waals surface area contributed by atoms with E-state index < -0.39 is 0 Å². The Morgan fingerprint density at radius 3 is 2.85 bits per heavy atom. The molecule has 0 bridgehead atoms. The van der Waals surface area contributed by atoms with Crippen molar-refractivity contribution in [2.45, 2.75) is 13.3 Å². The molecule has 3 aromatic rings. The third kappa shape index (κ3) is 3.74. The first-order valence-corrected chi connectivity index (χ1v) is 9.37. The Labute approximate surface area is 159 Å². The van der Waals surface area contributed by atoms with Gasteiger partial charge in [0.15, 0.2) is 0 Å². The van der Waals surface area contributed by atoms with Crippen LogP contribution in [-0.2, 0) is 7.05 Å². The van der Waals surface area contributed by atoms with Crippen LogP contribution in [0.2, 0.25) is 0 Å². The number of nitrogens with one attached hydrogen (secondary N) is 2. The van der Waals surface area contributed by atoms with E-state index in [-0.39, 0.29) is 5.91 Å². The molecule has 6 heteroatoms. The number of hydrogen-bond donors (Lipinski definition) is 2. The number of nitrogens with zero attached hydrogens (tertiary/aromatic N) is 3. The standard InChI is InChI=1S/C21H25N5O/c1-15-5-7-17(8-6-15)26-11-9-16(14-26)13-22-21(27)19-12-18(23-24-19)20-4-3-10-25(20)2/h3-8,10,12,16H,9,11,13-14H2,1-2H3,(H,22,27)(H,23,24)/t16-/m0/s1. The van der Waals surface area contributed by atoms with Crippen LogP contribution in [0.1, 0.15) is 22.5 Å². The van der Waals surface area contributed by atoms with Crippen molar-refractivity contribution in [3.05, 3.63) is 59.9 Å². The van der Waals surface area contributed by atoms with Crippen LogP contribution in [0.25, 0.3) is 11.4 Å². The number of aryl methyl sites for hydroxylation is 2. The maximum atomic E-state index is 12.5. The molecule has 4 rings (SSSR count). The molecule has 0 spiro atoms. The summed E-state index contributed by atoms with van der Waals surface area (Å²) in [4.78, 5) is 14.8. The average Bonchev–Trinajstić information content (AvgIpc) is 3.40. The van der Waals surface area contributed by atoms with E-state index >= 15 is 0 Å². The van der Waals surface area contributed by atoms with Gasteiger partial charge in [-0.25, -0.2) is 0 Å². The summed E-state index contributed by atoms with van der Waals surface area (Å²) in [6.07, 6.45) is 3.05. The van der Waals surface area contributed by atoms with Crippen molar-refractivity contribution in [2.24, 2.45) is 13.0 Å². The van der Waals surface area contributed by atoms with Crippen molar-refractivity contribution < 1.29 is 4.79 Å². The quantitative estimate of drug-likeness (QED) is 0.732. The van der Waals surface area contributed by atoms with E-state index in [1.54, 1.807) is 6.07 Å². The van der Waals surface area contributed by atoms with Crippen molar-refractivity contribution in [3.63, 3.8) is 0 Å². The Hall–Kier alpha value is -3.02. The first kappa shape index (κ1) is 17.4. The monoisotopic (exact) mass is 363 g/mol. The lowest BCUT2D eigenvalue weighted by atomic mass is 10.1. The molecule has 140 valence electrons. The van der Waals surface area contributed by atoms with Crippen molar-refractivity contribution >= 4 is 11.6 Å². The molecule has 3 heterocycles. The van der Waals surface area contributed by atoms with Gasteiger partial charge < -0.3 is 14.8 Å². The topological polar surface area (TPSA) is 66.0 Å². The van der Waals surface area contributed by atoms with Crippen molar-refractivity contribution in [1.82, 2.24) is 20.1 Å². The maximum Gasteiger partial charge on any atom is 0.269 e. The van der Waals surface area contributed by atoms with Crippen LogP contribution < -0.4 is 10.2 Å². The van der Waals surface area contributed by atoms with Crippen LogP contribution in [0.4, 0.5) is 5.69 Å². The summed E-state index contributed by atoms with van der Waals surface area (Å²) in [6.45, 7) is 4.79. The zero-order chi connectivity index (χ0) is 18.8. The molecular formula is C21H25N5O. The number of carbonyl (C=O) groups is 1. The number of H-pyrrole nitrogens is 1. The lowest BCUT2D eigenvalue weighted by molar-refractivity contribution is 0.0943. The van der Waals surface area contributed by atoms with Crippen LogP contribution in [0.15, 0.2) is 48.7 Å². The van der Waals surface area contributed by atoms with E-state index in [4.69, 9.17) is 0 Å². The second kappa shape index (κ2) is 7.31. The van der Waals surface area contributed by atoms with Gasteiger partial charge in [-0.2, -0.15) is 5.10 Å². The predicted molar refractivity (Wildman–Crippen MR) is 107 cm³/mol. The minimum atomic E-state index is -0.100. The maximum absolute atomic E-state index is 12.5. The second-order valence-electron chi connectivity index (χ2n) is 7.32. The Morgan fingerprint density at radius 1 is 1.30 bits per heavy atom. The lowest BCUT2D eigenvalue weighted by Crippen LogP contribution is -2.31. The minimum Gasteiger partial charge on any atom is -0.371 e. The minimum absolute atomic E-state index is 0.100. The molecule has 1 saturated heterocycles. The number of hydrogen-bond acceptors (Lipinski definition) is 3. The molecule has 0 saturated carbocycles. The van der Waals surface area contributed by atoms with Crippen LogP contribution >= 0.6 is 0 Å². The van der Waals surface area contributed by atoms with Crippen LogP contribution in [0, 0.1) is 12.8 Å². The van der Waals surface area contributed by atoms with Crippen LogP contribution in [0.5, 0.6) is 0 Å². The number of benzene rings is 1. The van der Waals surface area contributed by atoms with Gasteiger partial charge in [-0.1, -0.05) is 17.7 Å². The Kier molecular flexibility index (Phi) is 4.71. The third-order valence-electron chi connectivity index (χ3n) is 5.26. The molecule has 0 aliphatic carbocycles. The predicted octanol–water partition coefficient (Wildman–Crippen LogP) is 2.98. The van der Waals surface area contributed by atoms with E-state index in [9.17, 15) is 4.79 Å². The zero-order valence-corrected chi connectivity index (χ0v) is 15.8. The highest BCUT2D eigenvalue weighted by Crippen LogP contribution is 2.24. The van der Waals surface area contributed by atoms with Crippen molar-refractivity contribution in [3.8, 4) is 11.4 Å². The number of aromatic nitrogens is 3. The first-order chi connectivity index (χ1) is 13.1. The van der Waals surface area contributed by atoms with E-state index in [1.165, 1.54) is 11.3 Å². The molecule has 1 aromatic carbocycles. The van der Waals surface area contributed by atoms with Gasteiger partial charge in [0.25, 0.3) is 5.91 Å². The lowest BCUT2D eigenvalue weighted by Gasteiger charge is -2.19. The molecule has 0 radical (unpaired) electrons. The molecule has 2 N–H and O–H groups in total. The normalized spacial score (nSPS) is 16.7. The van der Waals surface area contributed by atoms with E-state index in [2.05, 4.69) is 51.6 Å². The molecule has 2 aromatic heterocycles. The number of amides is 1. The Morgan fingerprint density at radius 2 is 2.11 bits per heavy atom. The fourth-order valence-electron chi connectivity index (χ4n) is 3.62. The van der Waals surface area contributed by atoms with Crippen molar-refractivity contribution in [1.29, 1.82) is 0 Å². The SMILES string of the molecule is Cc1ccc(N2CC[C@@H](CNC(=O)c3cc(-c4cccn4C)n[nH]3)C2)cc1. The van der Waals surface area contributed by atoms with Crippen molar-refractivity contribution in [2.75, 3.05) is 24.5 Å². The summed E-state index contributed by atoms with van der Waals surface area (Å²) in [7, 11) is 1.96. The Balaban J connectivity index is 1.32.